The normalized spacial score (nSPS) is 13.8. The van der Waals surface area contributed by atoms with E-state index in [0.29, 0.717) is 5.92 Å². The summed E-state index contributed by atoms with van der Waals surface area (Å²) in [5, 5.41) is 0. The molecular weight excluding hydrogens is 248 g/mol. The summed E-state index contributed by atoms with van der Waals surface area (Å²) in [6.45, 7) is 7.94. The molecule has 0 N–H and O–H groups in total. The Balaban J connectivity index is 2.67. The molecule has 0 aromatic heterocycles. The van der Waals surface area contributed by atoms with Crippen LogP contribution in [0.5, 0.6) is 0 Å². The van der Waals surface area contributed by atoms with Gasteiger partial charge in [-0.25, -0.2) is 0 Å². The molecule has 0 bridgehead atoms. The molecule has 0 saturated heterocycles. The van der Waals surface area contributed by atoms with E-state index in [4.69, 9.17) is 4.18 Å². The van der Waals surface area contributed by atoms with Crippen LogP contribution in [0, 0.1) is 12.8 Å². The number of hydrogen-bond donors (Lipinski definition) is 0. The minimum absolute atomic E-state index is 0.226. The van der Waals surface area contributed by atoms with Gasteiger partial charge < -0.3 is 0 Å². The van der Waals surface area contributed by atoms with E-state index < -0.39 is 10.1 Å². The number of benzene rings is 1. The van der Waals surface area contributed by atoms with Gasteiger partial charge in [0, 0.05) is 0 Å². The minimum atomic E-state index is -3.62. The smallest absolute Gasteiger partial charge is 0.263 e. The molecule has 0 fully saturated rings. The number of rotatable bonds is 6. The van der Waals surface area contributed by atoms with E-state index in [-0.39, 0.29) is 11.0 Å². The summed E-state index contributed by atoms with van der Waals surface area (Å²) >= 11 is 0. The summed E-state index contributed by atoms with van der Waals surface area (Å²) < 4.78 is 29.1. The Morgan fingerprint density at radius 2 is 1.61 bits per heavy atom. The van der Waals surface area contributed by atoms with Gasteiger partial charge in [-0.15, -0.1) is 0 Å². The van der Waals surface area contributed by atoms with Gasteiger partial charge in [0.05, 0.1) is 11.0 Å². The highest BCUT2D eigenvalue weighted by atomic mass is 32.2. The van der Waals surface area contributed by atoms with Gasteiger partial charge in [-0.05, 0) is 44.7 Å². The maximum Gasteiger partial charge on any atom is 0.297 e. The zero-order valence-corrected chi connectivity index (χ0v) is 12.3. The summed E-state index contributed by atoms with van der Waals surface area (Å²) in [6.07, 6.45) is 1.44. The summed E-state index contributed by atoms with van der Waals surface area (Å²) in [4.78, 5) is 0.226. The fourth-order valence-electron chi connectivity index (χ4n) is 1.59. The molecular formula is C14H22O3S. The van der Waals surface area contributed by atoms with Crippen molar-refractivity contribution in [1.82, 2.24) is 0 Å². The van der Waals surface area contributed by atoms with Crippen molar-refractivity contribution in [2.75, 3.05) is 0 Å². The third-order valence-electron chi connectivity index (χ3n) is 2.75. The van der Waals surface area contributed by atoms with Crippen LogP contribution in [0.25, 0.3) is 0 Å². The first kappa shape index (κ1) is 15.2. The van der Waals surface area contributed by atoms with Crippen molar-refractivity contribution >= 4 is 10.1 Å². The Bertz CT molecular complexity index is 460. The molecule has 1 rings (SSSR count). The monoisotopic (exact) mass is 270 g/mol. The molecule has 0 unspecified atom stereocenters. The molecule has 0 aliphatic heterocycles. The van der Waals surface area contributed by atoms with Gasteiger partial charge >= 0.3 is 0 Å². The molecule has 0 aliphatic rings. The van der Waals surface area contributed by atoms with Crippen LogP contribution in [-0.4, -0.2) is 14.5 Å². The fraction of sp³-hybridized carbons (Fsp3) is 0.571. The largest absolute Gasteiger partial charge is 0.297 e. The standard InChI is InChI=1S/C14H22O3S/c1-11(2)5-8-13(4)17-18(15,16)14-9-6-12(3)7-10-14/h6-7,9-11,13H,5,8H2,1-4H3/t13-/m0/s1. The molecule has 0 amide bonds. The van der Waals surface area contributed by atoms with Gasteiger partial charge in [0.15, 0.2) is 0 Å². The van der Waals surface area contributed by atoms with E-state index in [1.54, 1.807) is 31.2 Å². The molecule has 102 valence electrons. The lowest BCUT2D eigenvalue weighted by Crippen LogP contribution is -2.16. The van der Waals surface area contributed by atoms with E-state index in [9.17, 15) is 8.42 Å². The van der Waals surface area contributed by atoms with Gasteiger partial charge in [0.1, 0.15) is 0 Å². The number of hydrogen-bond acceptors (Lipinski definition) is 3. The van der Waals surface area contributed by atoms with E-state index in [1.165, 1.54) is 0 Å². The number of aryl methyl sites for hydroxylation is 1. The third-order valence-corrected chi connectivity index (χ3v) is 4.18. The summed E-state index contributed by atoms with van der Waals surface area (Å²) in [7, 11) is -3.62. The molecule has 0 saturated carbocycles. The molecule has 0 heterocycles. The van der Waals surface area contributed by atoms with Crippen LogP contribution >= 0.6 is 0 Å². The van der Waals surface area contributed by atoms with Crippen molar-refractivity contribution < 1.29 is 12.6 Å². The van der Waals surface area contributed by atoms with Crippen LogP contribution in [0.2, 0.25) is 0 Å². The first-order valence-corrected chi connectivity index (χ1v) is 7.72. The lowest BCUT2D eigenvalue weighted by molar-refractivity contribution is 0.208. The summed E-state index contributed by atoms with van der Waals surface area (Å²) in [6, 6.07) is 6.71. The lowest BCUT2D eigenvalue weighted by Gasteiger charge is -2.14. The van der Waals surface area contributed by atoms with E-state index in [1.807, 2.05) is 6.92 Å². The van der Waals surface area contributed by atoms with Gasteiger partial charge in [-0.1, -0.05) is 31.5 Å². The van der Waals surface area contributed by atoms with Crippen LogP contribution < -0.4 is 0 Å². The Hall–Kier alpha value is -0.870. The molecule has 1 aromatic carbocycles. The zero-order valence-electron chi connectivity index (χ0n) is 11.5. The van der Waals surface area contributed by atoms with Crippen LogP contribution in [0.3, 0.4) is 0 Å². The predicted molar refractivity (Wildman–Crippen MR) is 73.0 cm³/mol. The fourth-order valence-corrected chi connectivity index (χ4v) is 2.70. The average molecular weight is 270 g/mol. The Morgan fingerprint density at radius 3 is 2.11 bits per heavy atom. The van der Waals surface area contributed by atoms with E-state index >= 15 is 0 Å². The second-order valence-electron chi connectivity index (χ2n) is 5.15. The molecule has 18 heavy (non-hydrogen) atoms. The summed E-state index contributed by atoms with van der Waals surface area (Å²) in [5.74, 6) is 0.554. The molecule has 0 aliphatic carbocycles. The van der Waals surface area contributed by atoms with Crippen LogP contribution in [0.15, 0.2) is 29.2 Å². The van der Waals surface area contributed by atoms with Gasteiger partial charge in [-0.2, -0.15) is 8.42 Å². The molecule has 1 atom stereocenters. The third kappa shape index (κ3) is 4.78. The van der Waals surface area contributed by atoms with Crippen molar-refractivity contribution in [2.45, 2.75) is 51.5 Å². The van der Waals surface area contributed by atoms with Crippen molar-refractivity contribution in [3.63, 3.8) is 0 Å². The Labute approximate surface area is 110 Å². The maximum absolute atomic E-state index is 12.0. The predicted octanol–water partition coefficient (Wildman–Crippen LogP) is 3.53. The minimum Gasteiger partial charge on any atom is -0.263 e. The molecule has 4 heteroatoms. The van der Waals surface area contributed by atoms with Crippen LogP contribution in [-0.2, 0) is 14.3 Å². The molecule has 3 nitrogen and oxygen atoms in total. The second kappa shape index (κ2) is 6.34. The second-order valence-corrected chi connectivity index (χ2v) is 6.72. The molecule has 0 radical (unpaired) electrons. The summed E-state index contributed by atoms with van der Waals surface area (Å²) in [5.41, 5.74) is 1.03. The van der Waals surface area contributed by atoms with Crippen molar-refractivity contribution in [1.29, 1.82) is 0 Å². The first-order chi connectivity index (χ1) is 8.31. The topological polar surface area (TPSA) is 43.4 Å². The highest BCUT2D eigenvalue weighted by Crippen LogP contribution is 2.18. The first-order valence-electron chi connectivity index (χ1n) is 6.31. The maximum atomic E-state index is 12.0. The van der Waals surface area contributed by atoms with Gasteiger partial charge in [0.25, 0.3) is 10.1 Å². The highest BCUT2D eigenvalue weighted by molar-refractivity contribution is 7.86. The van der Waals surface area contributed by atoms with E-state index in [2.05, 4.69) is 13.8 Å². The quantitative estimate of drug-likeness (QED) is 0.743. The Kier molecular flexibility index (Phi) is 5.35. The SMILES string of the molecule is Cc1ccc(S(=O)(=O)O[C@@H](C)CCC(C)C)cc1. The highest BCUT2D eigenvalue weighted by Gasteiger charge is 2.18. The van der Waals surface area contributed by atoms with Crippen LogP contribution in [0.1, 0.15) is 39.2 Å². The van der Waals surface area contributed by atoms with Crippen molar-refractivity contribution in [3.05, 3.63) is 29.8 Å². The van der Waals surface area contributed by atoms with Crippen molar-refractivity contribution in [3.8, 4) is 0 Å². The van der Waals surface area contributed by atoms with Crippen LogP contribution in [0.4, 0.5) is 0 Å². The lowest BCUT2D eigenvalue weighted by atomic mass is 10.1. The molecule has 1 aromatic rings. The zero-order chi connectivity index (χ0) is 13.8. The van der Waals surface area contributed by atoms with Gasteiger partial charge in [-0.3, -0.25) is 4.18 Å². The van der Waals surface area contributed by atoms with E-state index in [0.717, 1.165) is 18.4 Å². The van der Waals surface area contributed by atoms with Gasteiger partial charge in [0.2, 0.25) is 0 Å². The molecule has 0 spiro atoms. The Morgan fingerprint density at radius 1 is 1.06 bits per heavy atom. The average Bonchev–Trinajstić information content (AvgIpc) is 2.26. The van der Waals surface area contributed by atoms with Crippen molar-refractivity contribution in [2.24, 2.45) is 5.92 Å².